The molecular weight excluding hydrogens is 320 g/mol. The molecule has 1 saturated heterocycles. The van der Waals surface area contributed by atoms with E-state index < -0.39 is 22.0 Å². The van der Waals surface area contributed by atoms with Gasteiger partial charge in [0.05, 0.1) is 18.3 Å². The van der Waals surface area contributed by atoms with E-state index >= 15 is 0 Å². The van der Waals surface area contributed by atoms with Crippen LogP contribution in [0.1, 0.15) is 5.56 Å². The third kappa shape index (κ3) is 4.21. The highest BCUT2D eigenvalue weighted by molar-refractivity contribution is 7.89. The largest absolute Gasteiger partial charge is 0.508 e. The molecule has 0 saturated carbocycles. The molecule has 0 aliphatic carbocycles. The third-order valence-corrected chi connectivity index (χ3v) is 6.04. The van der Waals surface area contributed by atoms with Crippen molar-refractivity contribution in [2.24, 2.45) is 5.92 Å². The van der Waals surface area contributed by atoms with Crippen LogP contribution in [0.5, 0.6) is 5.75 Å². The number of phenols is 1. The fourth-order valence-corrected chi connectivity index (χ4v) is 3.74. The van der Waals surface area contributed by atoms with Gasteiger partial charge in [0.25, 0.3) is 0 Å². The Kier molecular flexibility index (Phi) is 5.28. The molecule has 23 heavy (non-hydrogen) atoms. The number of carbonyl (C=O) groups is 1. The van der Waals surface area contributed by atoms with Gasteiger partial charge in [0.1, 0.15) is 5.75 Å². The van der Waals surface area contributed by atoms with E-state index in [0.717, 1.165) is 4.31 Å². The van der Waals surface area contributed by atoms with Crippen LogP contribution in [-0.2, 0) is 21.2 Å². The van der Waals surface area contributed by atoms with Gasteiger partial charge in [0.15, 0.2) is 0 Å². The minimum absolute atomic E-state index is 0.0204. The maximum absolute atomic E-state index is 12.3. The standard InChI is InChI=1S/C15H22N2O5S/c1-16(2)23(21,22)10-12-8-17(9-14(12)19)15(20)7-11-5-3-4-6-13(11)18/h3-6,12,14,18-19H,7-10H2,1-2H3/t12-,14+/m0/s1. The van der Waals surface area contributed by atoms with E-state index in [9.17, 15) is 23.4 Å². The molecular formula is C15H22N2O5S. The summed E-state index contributed by atoms with van der Waals surface area (Å²) in [4.78, 5) is 13.8. The smallest absolute Gasteiger partial charge is 0.227 e. The van der Waals surface area contributed by atoms with Gasteiger partial charge < -0.3 is 15.1 Å². The molecule has 0 radical (unpaired) electrons. The van der Waals surface area contributed by atoms with Crippen molar-refractivity contribution < 1.29 is 23.4 Å². The number of aliphatic hydroxyl groups is 1. The van der Waals surface area contributed by atoms with E-state index in [1.807, 2.05) is 0 Å². The summed E-state index contributed by atoms with van der Waals surface area (Å²) in [5.41, 5.74) is 0.511. The van der Waals surface area contributed by atoms with Crippen molar-refractivity contribution in [1.29, 1.82) is 0 Å². The van der Waals surface area contributed by atoms with Crippen LogP contribution in [0.4, 0.5) is 0 Å². The van der Waals surface area contributed by atoms with Gasteiger partial charge >= 0.3 is 0 Å². The van der Waals surface area contributed by atoms with Gasteiger partial charge in [-0.05, 0) is 6.07 Å². The number of hydrogen-bond acceptors (Lipinski definition) is 5. The molecule has 1 amide bonds. The number of β-amino-alcohol motifs (C(OH)–C–C–N with tert-alkyl or cyclic N) is 1. The number of hydrogen-bond donors (Lipinski definition) is 2. The molecule has 0 unspecified atom stereocenters. The minimum Gasteiger partial charge on any atom is -0.508 e. The Bertz CT molecular complexity index is 674. The number of aromatic hydroxyl groups is 1. The van der Waals surface area contributed by atoms with Crippen LogP contribution in [0.3, 0.4) is 0 Å². The number of phenolic OH excluding ortho intramolecular Hbond substituents is 1. The second kappa shape index (κ2) is 6.86. The topological polar surface area (TPSA) is 98.2 Å². The number of amides is 1. The lowest BCUT2D eigenvalue weighted by molar-refractivity contribution is -0.129. The predicted molar refractivity (Wildman–Crippen MR) is 85.4 cm³/mol. The summed E-state index contributed by atoms with van der Waals surface area (Å²) in [5.74, 6) is -0.889. The molecule has 0 aromatic heterocycles. The first-order valence-corrected chi connectivity index (χ1v) is 8.94. The Morgan fingerprint density at radius 2 is 1.96 bits per heavy atom. The van der Waals surface area contributed by atoms with Gasteiger partial charge in [-0.15, -0.1) is 0 Å². The van der Waals surface area contributed by atoms with Gasteiger partial charge in [-0.3, -0.25) is 4.79 Å². The van der Waals surface area contributed by atoms with Crippen molar-refractivity contribution in [3.63, 3.8) is 0 Å². The Hall–Kier alpha value is -1.64. The zero-order valence-electron chi connectivity index (χ0n) is 13.2. The summed E-state index contributed by atoms with van der Waals surface area (Å²) in [5, 5.41) is 19.8. The lowest BCUT2D eigenvalue weighted by Crippen LogP contribution is -2.34. The minimum atomic E-state index is -3.43. The van der Waals surface area contributed by atoms with Gasteiger partial charge in [-0.1, -0.05) is 18.2 Å². The summed E-state index contributed by atoms with van der Waals surface area (Å²) < 4.78 is 25.0. The highest BCUT2D eigenvalue weighted by Gasteiger charge is 2.37. The molecule has 2 N–H and O–H groups in total. The molecule has 2 rings (SSSR count). The quantitative estimate of drug-likeness (QED) is 0.762. The monoisotopic (exact) mass is 342 g/mol. The number of sulfonamides is 1. The Labute approximate surface area is 136 Å². The van der Waals surface area contributed by atoms with Crippen LogP contribution in [0.15, 0.2) is 24.3 Å². The highest BCUT2D eigenvalue weighted by atomic mass is 32.2. The summed E-state index contributed by atoms with van der Waals surface area (Å²) in [6.07, 6.45) is -0.843. The van der Waals surface area contributed by atoms with Crippen LogP contribution >= 0.6 is 0 Å². The second-order valence-electron chi connectivity index (χ2n) is 5.99. The van der Waals surface area contributed by atoms with Crippen molar-refractivity contribution in [3.05, 3.63) is 29.8 Å². The van der Waals surface area contributed by atoms with E-state index in [1.165, 1.54) is 25.1 Å². The average Bonchev–Trinajstić information content (AvgIpc) is 2.82. The first-order valence-electron chi connectivity index (χ1n) is 7.33. The molecule has 1 aliphatic heterocycles. The van der Waals surface area contributed by atoms with Crippen LogP contribution in [0, 0.1) is 5.92 Å². The van der Waals surface area contributed by atoms with Crippen LogP contribution in [0.2, 0.25) is 0 Å². The van der Waals surface area contributed by atoms with Gasteiger partial charge in [-0.25, -0.2) is 12.7 Å². The Morgan fingerprint density at radius 3 is 2.57 bits per heavy atom. The number of benzene rings is 1. The molecule has 7 nitrogen and oxygen atoms in total. The van der Waals surface area contributed by atoms with E-state index in [1.54, 1.807) is 18.2 Å². The highest BCUT2D eigenvalue weighted by Crippen LogP contribution is 2.22. The predicted octanol–water partition coefficient (Wildman–Crippen LogP) is -0.355. The molecule has 1 aromatic rings. The van der Waals surface area contributed by atoms with Crippen molar-refractivity contribution in [2.75, 3.05) is 32.9 Å². The first kappa shape index (κ1) is 17.7. The number of likely N-dealkylation sites (tertiary alicyclic amines) is 1. The zero-order chi connectivity index (χ0) is 17.2. The molecule has 1 aliphatic rings. The molecule has 0 bridgehead atoms. The molecule has 8 heteroatoms. The molecule has 1 aromatic carbocycles. The Balaban J connectivity index is 2.01. The molecule has 2 atom stereocenters. The summed E-state index contributed by atoms with van der Waals surface area (Å²) >= 11 is 0. The van der Waals surface area contributed by atoms with Crippen molar-refractivity contribution in [1.82, 2.24) is 9.21 Å². The van der Waals surface area contributed by atoms with Crippen LogP contribution < -0.4 is 0 Å². The van der Waals surface area contributed by atoms with Crippen LogP contribution in [-0.4, -0.2) is 72.8 Å². The number of para-hydroxylation sites is 1. The molecule has 128 valence electrons. The number of nitrogens with zero attached hydrogens (tertiary/aromatic N) is 2. The lowest BCUT2D eigenvalue weighted by Gasteiger charge is -2.18. The van der Waals surface area contributed by atoms with E-state index in [4.69, 9.17) is 0 Å². The Morgan fingerprint density at radius 1 is 1.30 bits per heavy atom. The van der Waals surface area contributed by atoms with E-state index in [-0.39, 0.29) is 36.9 Å². The van der Waals surface area contributed by atoms with Gasteiger partial charge in [-0.2, -0.15) is 0 Å². The molecule has 0 spiro atoms. The fourth-order valence-electron chi connectivity index (χ4n) is 2.58. The van der Waals surface area contributed by atoms with Crippen molar-refractivity contribution in [3.8, 4) is 5.75 Å². The molecule has 1 fully saturated rings. The molecule has 1 heterocycles. The van der Waals surface area contributed by atoms with E-state index in [2.05, 4.69) is 0 Å². The van der Waals surface area contributed by atoms with Gasteiger partial charge in [0.2, 0.25) is 15.9 Å². The zero-order valence-corrected chi connectivity index (χ0v) is 14.0. The lowest BCUT2D eigenvalue weighted by atomic mass is 10.1. The van der Waals surface area contributed by atoms with Gasteiger partial charge in [0, 0.05) is 38.7 Å². The summed E-state index contributed by atoms with van der Waals surface area (Å²) in [6, 6.07) is 6.57. The second-order valence-corrected chi connectivity index (χ2v) is 8.22. The third-order valence-electron chi connectivity index (χ3n) is 4.07. The van der Waals surface area contributed by atoms with Crippen molar-refractivity contribution in [2.45, 2.75) is 12.5 Å². The van der Waals surface area contributed by atoms with E-state index in [0.29, 0.717) is 5.56 Å². The number of carbonyl (C=O) groups excluding carboxylic acids is 1. The maximum Gasteiger partial charge on any atom is 0.227 e. The maximum atomic E-state index is 12.3. The van der Waals surface area contributed by atoms with Crippen molar-refractivity contribution >= 4 is 15.9 Å². The average molecular weight is 342 g/mol. The SMILES string of the molecule is CN(C)S(=O)(=O)C[C@@H]1CN(C(=O)Cc2ccccc2O)C[C@H]1O. The summed E-state index contributed by atoms with van der Waals surface area (Å²) in [6.45, 7) is 0.306. The summed E-state index contributed by atoms with van der Waals surface area (Å²) in [7, 11) is -0.549. The van der Waals surface area contributed by atoms with Crippen LogP contribution in [0.25, 0.3) is 0 Å². The first-order chi connectivity index (χ1) is 10.7. The number of rotatable bonds is 5. The normalized spacial score (nSPS) is 21.8. The number of aliphatic hydroxyl groups excluding tert-OH is 1. The fraction of sp³-hybridized carbons (Fsp3) is 0.533.